The van der Waals surface area contributed by atoms with Crippen molar-refractivity contribution in [2.45, 2.75) is 4.90 Å². The van der Waals surface area contributed by atoms with Crippen molar-refractivity contribution in [2.75, 3.05) is 11.1 Å². The number of carboxylic acids is 1. The maximum atomic E-state index is 11.8. The van der Waals surface area contributed by atoms with Crippen molar-refractivity contribution in [3.8, 4) is 5.75 Å². The highest BCUT2D eigenvalue weighted by molar-refractivity contribution is 8.00. The van der Waals surface area contributed by atoms with Gasteiger partial charge in [-0.3, -0.25) is 4.79 Å². The van der Waals surface area contributed by atoms with Gasteiger partial charge in [0.05, 0.1) is 11.3 Å². The van der Waals surface area contributed by atoms with Gasteiger partial charge < -0.3 is 15.5 Å². The topological polar surface area (TPSA) is 89.5 Å². The molecule has 21 heavy (non-hydrogen) atoms. The molecule has 0 aliphatic rings. The zero-order chi connectivity index (χ0) is 15.2. The van der Waals surface area contributed by atoms with E-state index in [1.807, 2.05) is 30.3 Å². The van der Waals surface area contributed by atoms with Gasteiger partial charge in [-0.25, -0.2) is 4.79 Å². The molecular formula is C15H12NO4S-. The van der Waals surface area contributed by atoms with Gasteiger partial charge in [0.2, 0.25) is 5.91 Å². The predicted octanol–water partition coefficient (Wildman–Crippen LogP) is 2.19. The van der Waals surface area contributed by atoms with E-state index < -0.39 is 11.7 Å². The molecule has 0 aromatic heterocycles. The first-order chi connectivity index (χ1) is 10.1. The second-order valence-electron chi connectivity index (χ2n) is 4.17. The maximum Gasteiger partial charge on any atom is 0.335 e. The molecule has 0 atom stereocenters. The minimum absolute atomic E-state index is 0.200. The van der Waals surface area contributed by atoms with Crippen LogP contribution in [0.5, 0.6) is 5.75 Å². The smallest absolute Gasteiger partial charge is 0.335 e. The number of anilines is 1. The second-order valence-corrected chi connectivity index (χ2v) is 5.21. The van der Waals surface area contributed by atoms with E-state index in [4.69, 9.17) is 5.11 Å². The molecule has 2 rings (SSSR count). The molecule has 5 nitrogen and oxygen atoms in total. The van der Waals surface area contributed by atoms with Crippen LogP contribution in [0.25, 0.3) is 0 Å². The van der Waals surface area contributed by atoms with Crippen molar-refractivity contribution < 1.29 is 19.8 Å². The molecule has 108 valence electrons. The number of hydrogen-bond acceptors (Lipinski definition) is 4. The van der Waals surface area contributed by atoms with Crippen molar-refractivity contribution >= 4 is 29.3 Å². The highest BCUT2D eigenvalue weighted by Gasteiger charge is 2.08. The third-order valence-electron chi connectivity index (χ3n) is 2.61. The summed E-state index contributed by atoms with van der Waals surface area (Å²) < 4.78 is 0. The van der Waals surface area contributed by atoms with Crippen LogP contribution < -0.4 is 10.4 Å². The molecular weight excluding hydrogens is 290 g/mol. The van der Waals surface area contributed by atoms with Crippen LogP contribution in [0, 0.1) is 0 Å². The van der Waals surface area contributed by atoms with Gasteiger partial charge in [0.25, 0.3) is 0 Å². The van der Waals surface area contributed by atoms with E-state index >= 15 is 0 Å². The van der Waals surface area contributed by atoms with Gasteiger partial charge in [0, 0.05) is 10.6 Å². The van der Waals surface area contributed by atoms with Gasteiger partial charge >= 0.3 is 5.97 Å². The number of nitrogens with one attached hydrogen (secondary N) is 1. The summed E-state index contributed by atoms with van der Waals surface area (Å²) in [6.07, 6.45) is 0. The molecule has 0 bridgehead atoms. The van der Waals surface area contributed by atoms with Crippen molar-refractivity contribution in [1.29, 1.82) is 0 Å². The summed E-state index contributed by atoms with van der Waals surface area (Å²) in [6, 6.07) is 13.1. The van der Waals surface area contributed by atoms with Gasteiger partial charge in [-0.05, 0) is 24.3 Å². The zero-order valence-electron chi connectivity index (χ0n) is 10.9. The van der Waals surface area contributed by atoms with Gasteiger partial charge in [-0.2, -0.15) is 0 Å². The van der Waals surface area contributed by atoms with E-state index in [1.165, 1.54) is 17.8 Å². The number of carboxylic acid groups (broad SMARTS) is 1. The summed E-state index contributed by atoms with van der Waals surface area (Å²) in [5, 5.41) is 22.7. The Kier molecular flexibility index (Phi) is 4.84. The number of benzene rings is 2. The van der Waals surface area contributed by atoms with Crippen molar-refractivity contribution in [3.05, 3.63) is 54.1 Å². The molecule has 2 N–H and O–H groups in total. The molecule has 0 heterocycles. The van der Waals surface area contributed by atoms with Crippen molar-refractivity contribution in [3.63, 3.8) is 0 Å². The van der Waals surface area contributed by atoms with Gasteiger partial charge in [-0.1, -0.05) is 30.0 Å². The molecule has 2 aromatic carbocycles. The molecule has 0 aliphatic heterocycles. The first kappa shape index (κ1) is 14.9. The molecule has 0 aliphatic carbocycles. The Labute approximate surface area is 125 Å². The third-order valence-corrected chi connectivity index (χ3v) is 3.62. The van der Waals surface area contributed by atoms with Crippen LogP contribution in [0.15, 0.2) is 53.4 Å². The van der Waals surface area contributed by atoms with Crippen molar-refractivity contribution in [2.24, 2.45) is 0 Å². The molecule has 1 amide bonds. The summed E-state index contributed by atoms with van der Waals surface area (Å²) in [5.41, 5.74) is -0.0609. The average molecular weight is 302 g/mol. The summed E-state index contributed by atoms with van der Waals surface area (Å²) in [5.74, 6) is -1.96. The van der Waals surface area contributed by atoms with E-state index in [0.717, 1.165) is 17.0 Å². The Morgan fingerprint density at radius 2 is 1.86 bits per heavy atom. The molecule has 0 radical (unpaired) electrons. The highest BCUT2D eigenvalue weighted by Crippen LogP contribution is 2.20. The Morgan fingerprint density at radius 3 is 2.52 bits per heavy atom. The Balaban J connectivity index is 1.97. The number of aromatic carboxylic acids is 1. The molecule has 0 fully saturated rings. The van der Waals surface area contributed by atoms with Crippen LogP contribution in [0.4, 0.5) is 5.69 Å². The standard InChI is InChI=1S/C15H13NO4S/c17-13-7-6-10(8-12(13)15(19)20)16-14(18)9-21-11-4-2-1-3-5-11/h1-8,17H,9H2,(H,16,18)(H,19,20)/p-1. The predicted molar refractivity (Wildman–Crippen MR) is 78.6 cm³/mol. The van der Waals surface area contributed by atoms with Crippen LogP contribution in [-0.2, 0) is 4.79 Å². The fraction of sp³-hybridized carbons (Fsp3) is 0.0667. The lowest BCUT2D eigenvalue weighted by Crippen LogP contribution is -2.15. The SMILES string of the molecule is O=C(CSc1ccccc1)Nc1ccc([O-])c(C(=O)O)c1. The lowest BCUT2D eigenvalue weighted by molar-refractivity contribution is -0.268. The Morgan fingerprint density at radius 1 is 1.14 bits per heavy atom. The molecule has 0 spiro atoms. The minimum Gasteiger partial charge on any atom is -0.872 e. The number of carbonyl (C=O) groups is 2. The normalized spacial score (nSPS) is 10.1. The summed E-state index contributed by atoms with van der Waals surface area (Å²) >= 11 is 1.37. The summed E-state index contributed by atoms with van der Waals surface area (Å²) in [6.45, 7) is 0. The van der Waals surface area contributed by atoms with E-state index in [1.54, 1.807) is 0 Å². The van der Waals surface area contributed by atoms with Crippen LogP contribution in [0.3, 0.4) is 0 Å². The number of thioether (sulfide) groups is 1. The molecule has 6 heteroatoms. The number of amides is 1. The van der Waals surface area contributed by atoms with Crippen LogP contribution in [0.1, 0.15) is 10.4 Å². The fourth-order valence-corrected chi connectivity index (χ4v) is 2.36. The van der Waals surface area contributed by atoms with Crippen molar-refractivity contribution in [1.82, 2.24) is 0 Å². The maximum absolute atomic E-state index is 11.8. The number of hydrogen-bond donors (Lipinski definition) is 2. The highest BCUT2D eigenvalue weighted by atomic mass is 32.2. The average Bonchev–Trinajstić information content (AvgIpc) is 2.48. The molecule has 0 saturated heterocycles. The zero-order valence-corrected chi connectivity index (χ0v) is 11.7. The van der Waals surface area contributed by atoms with Crippen LogP contribution in [-0.4, -0.2) is 22.7 Å². The summed E-state index contributed by atoms with van der Waals surface area (Å²) in [7, 11) is 0. The fourth-order valence-electron chi connectivity index (χ4n) is 1.64. The first-order valence-electron chi connectivity index (χ1n) is 6.08. The Hall–Kier alpha value is -2.47. The van der Waals surface area contributed by atoms with Crippen LogP contribution in [0.2, 0.25) is 0 Å². The minimum atomic E-state index is -1.31. The molecule has 0 unspecified atom stereocenters. The largest absolute Gasteiger partial charge is 0.872 e. The lowest BCUT2D eigenvalue weighted by atomic mass is 10.2. The third kappa shape index (κ3) is 4.25. The van der Waals surface area contributed by atoms with Gasteiger partial charge in [-0.15, -0.1) is 11.8 Å². The number of carbonyl (C=O) groups excluding carboxylic acids is 1. The van der Waals surface area contributed by atoms with E-state index in [0.29, 0.717) is 5.69 Å². The van der Waals surface area contributed by atoms with Gasteiger partial charge in [0.15, 0.2) is 0 Å². The lowest BCUT2D eigenvalue weighted by Gasteiger charge is -2.12. The second kappa shape index (κ2) is 6.81. The molecule has 0 saturated carbocycles. The quantitative estimate of drug-likeness (QED) is 0.826. The number of rotatable bonds is 5. The molecule has 2 aromatic rings. The summed E-state index contributed by atoms with van der Waals surface area (Å²) in [4.78, 5) is 23.6. The monoisotopic (exact) mass is 302 g/mol. The van der Waals surface area contributed by atoms with E-state index in [2.05, 4.69) is 5.32 Å². The first-order valence-corrected chi connectivity index (χ1v) is 7.07. The van der Waals surface area contributed by atoms with Crippen LogP contribution >= 0.6 is 11.8 Å². The van der Waals surface area contributed by atoms with Gasteiger partial charge in [0.1, 0.15) is 0 Å². The van der Waals surface area contributed by atoms with E-state index in [-0.39, 0.29) is 17.2 Å². The van der Waals surface area contributed by atoms with E-state index in [9.17, 15) is 14.7 Å². The Bertz CT molecular complexity index is 658.